The van der Waals surface area contributed by atoms with Crippen LogP contribution >= 0.6 is 0 Å². The maximum atomic E-state index is 11.1. The first-order chi connectivity index (χ1) is 10.6. The molecule has 0 saturated heterocycles. The van der Waals surface area contributed by atoms with Crippen molar-refractivity contribution in [1.82, 2.24) is 15.2 Å². The van der Waals surface area contributed by atoms with Gasteiger partial charge in [-0.3, -0.25) is 9.88 Å². The van der Waals surface area contributed by atoms with Crippen LogP contribution in [0.15, 0.2) is 24.5 Å². The summed E-state index contributed by atoms with van der Waals surface area (Å²) < 4.78 is 5.11. The summed E-state index contributed by atoms with van der Waals surface area (Å²) in [6.07, 6.45) is 8.99. The molecule has 5 nitrogen and oxygen atoms in total. The Balaban J connectivity index is 1.92. The van der Waals surface area contributed by atoms with Crippen molar-refractivity contribution in [3.8, 4) is 0 Å². The third-order valence-corrected chi connectivity index (χ3v) is 4.95. The summed E-state index contributed by atoms with van der Waals surface area (Å²) >= 11 is 0. The van der Waals surface area contributed by atoms with Gasteiger partial charge in [0.05, 0.1) is 6.61 Å². The van der Waals surface area contributed by atoms with Crippen LogP contribution < -0.4 is 5.32 Å². The Bertz CT molecular complexity index is 468. The highest BCUT2D eigenvalue weighted by Crippen LogP contribution is 2.43. The second-order valence-electron chi connectivity index (χ2n) is 6.29. The summed E-state index contributed by atoms with van der Waals surface area (Å²) in [4.78, 5) is 17.7. The van der Waals surface area contributed by atoms with E-state index < -0.39 is 0 Å². The molecule has 0 aliphatic heterocycles. The van der Waals surface area contributed by atoms with Gasteiger partial charge in [0.15, 0.2) is 0 Å². The molecule has 0 aromatic carbocycles. The van der Waals surface area contributed by atoms with Crippen LogP contribution in [-0.4, -0.2) is 43.7 Å². The van der Waals surface area contributed by atoms with Gasteiger partial charge in [-0.2, -0.15) is 0 Å². The van der Waals surface area contributed by atoms with Crippen molar-refractivity contribution in [1.29, 1.82) is 0 Å². The molecule has 1 aromatic heterocycles. The topological polar surface area (TPSA) is 54.5 Å². The second-order valence-corrected chi connectivity index (χ2v) is 6.29. The maximum Gasteiger partial charge on any atom is 0.406 e. The van der Waals surface area contributed by atoms with Crippen molar-refractivity contribution < 1.29 is 9.53 Å². The maximum absolute atomic E-state index is 11.1. The summed E-state index contributed by atoms with van der Waals surface area (Å²) in [6.45, 7) is 0.506. The molecule has 5 heteroatoms. The Labute approximate surface area is 133 Å². The Hall–Kier alpha value is -1.62. The first-order valence-corrected chi connectivity index (χ1v) is 8.01. The van der Waals surface area contributed by atoms with Gasteiger partial charge in [0.1, 0.15) is 0 Å². The molecule has 2 rings (SSSR count). The van der Waals surface area contributed by atoms with Gasteiger partial charge in [-0.25, -0.2) is 4.79 Å². The monoisotopic (exact) mass is 305 g/mol. The van der Waals surface area contributed by atoms with E-state index in [4.69, 9.17) is 4.74 Å². The van der Waals surface area contributed by atoms with Crippen LogP contribution in [0.2, 0.25) is 0 Å². The summed E-state index contributed by atoms with van der Waals surface area (Å²) in [7, 11) is 5.90. The van der Waals surface area contributed by atoms with Crippen LogP contribution in [0.4, 0.5) is 4.79 Å². The van der Waals surface area contributed by atoms with Gasteiger partial charge in [-0.1, -0.05) is 6.07 Å². The van der Waals surface area contributed by atoms with E-state index in [2.05, 4.69) is 35.4 Å². The van der Waals surface area contributed by atoms with E-state index in [1.807, 2.05) is 18.5 Å². The number of alkyl carbamates (subject to hydrolysis) is 1. The molecule has 1 aromatic rings. The largest absolute Gasteiger partial charge is 0.450 e. The van der Waals surface area contributed by atoms with Crippen LogP contribution in [0.25, 0.3) is 0 Å². The zero-order chi connectivity index (χ0) is 16.0. The first kappa shape index (κ1) is 16.7. The van der Waals surface area contributed by atoms with Gasteiger partial charge in [0.25, 0.3) is 0 Å². The highest BCUT2D eigenvalue weighted by atomic mass is 16.5. The standard InChI is InChI=1S/C17H27N3O2/c1-18-16(21)22-12-8-14-6-9-17(10-7-14,20(2)3)15-5-4-11-19-13-15/h4-5,11,13-14H,6-10,12H2,1-3H3,(H,18,21). The number of hydrogen-bond donors (Lipinski definition) is 1. The van der Waals surface area contributed by atoms with Crippen LogP contribution in [0.1, 0.15) is 37.7 Å². The van der Waals surface area contributed by atoms with E-state index in [-0.39, 0.29) is 11.6 Å². The Morgan fingerprint density at radius 1 is 1.45 bits per heavy atom. The molecule has 0 radical (unpaired) electrons. The molecule has 1 heterocycles. The lowest BCUT2D eigenvalue weighted by Crippen LogP contribution is -2.44. The first-order valence-electron chi connectivity index (χ1n) is 8.01. The van der Waals surface area contributed by atoms with Crippen molar-refractivity contribution in [2.75, 3.05) is 27.7 Å². The third kappa shape index (κ3) is 3.77. The average Bonchev–Trinajstić information content (AvgIpc) is 2.56. The van der Waals surface area contributed by atoms with Crippen molar-refractivity contribution in [3.63, 3.8) is 0 Å². The van der Waals surface area contributed by atoms with Crippen LogP contribution in [0.5, 0.6) is 0 Å². The lowest BCUT2D eigenvalue weighted by atomic mass is 9.71. The normalized spacial score (nSPS) is 25.0. The number of rotatable bonds is 5. The molecule has 1 N–H and O–H groups in total. The molecular weight excluding hydrogens is 278 g/mol. The summed E-state index contributed by atoms with van der Waals surface area (Å²) in [5.41, 5.74) is 1.40. The van der Waals surface area contributed by atoms with Crippen LogP contribution in [0, 0.1) is 5.92 Å². The number of nitrogens with one attached hydrogen (secondary N) is 1. The lowest BCUT2D eigenvalue weighted by molar-refractivity contribution is 0.0671. The molecular formula is C17H27N3O2. The van der Waals surface area contributed by atoms with E-state index in [9.17, 15) is 4.79 Å². The SMILES string of the molecule is CNC(=O)OCCC1CCC(c2cccnc2)(N(C)C)CC1. The summed E-state index contributed by atoms with van der Waals surface area (Å²) in [6, 6.07) is 4.20. The zero-order valence-electron chi connectivity index (χ0n) is 13.8. The molecule has 122 valence electrons. The molecule has 1 amide bonds. The van der Waals surface area contributed by atoms with Gasteiger partial charge in [-0.05, 0) is 63.7 Å². The molecule has 0 unspecified atom stereocenters. The van der Waals surface area contributed by atoms with Gasteiger partial charge in [0, 0.05) is 25.0 Å². The van der Waals surface area contributed by atoms with Crippen molar-refractivity contribution in [3.05, 3.63) is 30.1 Å². The fraction of sp³-hybridized carbons (Fsp3) is 0.647. The smallest absolute Gasteiger partial charge is 0.406 e. The fourth-order valence-electron chi connectivity index (χ4n) is 3.47. The van der Waals surface area contributed by atoms with Gasteiger partial charge in [0.2, 0.25) is 0 Å². The minimum Gasteiger partial charge on any atom is -0.450 e. The zero-order valence-corrected chi connectivity index (χ0v) is 13.8. The quantitative estimate of drug-likeness (QED) is 0.909. The lowest BCUT2D eigenvalue weighted by Gasteiger charge is -2.45. The van der Waals surface area contributed by atoms with E-state index in [0.29, 0.717) is 12.5 Å². The number of hydrogen-bond acceptors (Lipinski definition) is 4. The molecule has 0 spiro atoms. The van der Waals surface area contributed by atoms with Crippen molar-refractivity contribution in [2.24, 2.45) is 5.92 Å². The molecule has 0 atom stereocenters. The number of carbonyl (C=O) groups excluding carboxylic acids is 1. The predicted molar refractivity (Wildman–Crippen MR) is 86.6 cm³/mol. The van der Waals surface area contributed by atoms with Crippen molar-refractivity contribution in [2.45, 2.75) is 37.6 Å². The van der Waals surface area contributed by atoms with Gasteiger partial charge < -0.3 is 10.1 Å². The average molecular weight is 305 g/mol. The predicted octanol–water partition coefficient (Wildman–Crippen LogP) is 2.77. The molecule has 1 aliphatic carbocycles. The highest BCUT2D eigenvalue weighted by molar-refractivity contribution is 5.66. The molecule has 22 heavy (non-hydrogen) atoms. The number of pyridine rings is 1. The minimum atomic E-state index is -0.339. The van der Waals surface area contributed by atoms with E-state index in [1.165, 1.54) is 5.56 Å². The summed E-state index contributed by atoms with van der Waals surface area (Å²) in [5.74, 6) is 0.634. The Morgan fingerprint density at radius 2 is 2.18 bits per heavy atom. The van der Waals surface area contributed by atoms with E-state index in [1.54, 1.807) is 7.05 Å². The molecule has 0 bridgehead atoms. The number of nitrogens with zero attached hydrogens (tertiary/aromatic N) is 2. The van der Waals surface area contributed by atoms with Crippen LogP contribution in [-0.2, 0) is 10.3 Å². The third-order valence-electron chi connectivity index (χ3n) is 4.95. The second kappa shape index (κ2) is 7.58. The number of amides is 1. The summed E-state index contributed by atoms with van der Waals surface area (Å²) in [5, 5.41) is 2.48. The molecule has 1 fully saturated rings. The Morgan fingerprint density at radius 3 is 2.73 bits per heavy atom. The molecule has 1 aliphatic rings. The van der Waals surface area contributed by atoms with Gasteiger partial charge in [-0.15, -0.1) is 0 Å². The van der Waals surface area contributed by atoms with Gasteiger partial charge >= 0.3 is 6.09 Å². The number of aromatic nitrogens is 1. The number of ether oxygens (including phenoxy) is 1. The fourth-order valence-corrected chi connectivity index (χ4v) is 3.47. The number of carbonyl (C=O) groups is 1. The highest BCUT2D eigenvalue weighted by Gasteiger charge is 2.38. The van der Waals surface area contributed by atoms with E-state index in [0.717, 1.165) is 32.1 Å². The van der Waals surface area contributed by atoms with E-state index >= 15 is 0 Å². The van der Waals surface area contributed by atoms with Crippen LogP contribution in [0.3, 0.4) is 0 Å². The Kier molecular flexibility index (Phi) is 5.77. The molecule has 1 saturated carbocycles. The minimum absolute atomic E-state index is 0.0897. The van der Waals surface area contributed by atoms with Crippen molar-refractivity contribution >= 4 is 6.09 Å².